The molecule has 0 unspecified atom stereocenters. The van der Waals surface area contributed by atoms with Crippen molar-refractivity contribution in [3.63, 3.8) is 0 Å². The molecule has 0 heterocycles. The first-order chi connectivity index (χ1) is 8.97. The molecule has 19 heavy (non-hydrogen) atoms. The van der Waals surface area contributed by atoms with Gasteiger partial charge in [0.1, 0.15) is 0 Å². The van der Waals surface area contributed by atoms with Crippen LogP contribution < -0.4 is 0 Å². The van der Waals surface area contributed by atoms with Crippen molar-refractivity contribution < 1.29 is 19.8 Å². The van der Waals surface area contributed by atoms with Gasteiger partial charge in [-0.2, -0.15) is 0 Å². The molecular weight excluding hydrogens is 244 g/mol. The van der Waals surface area contributed by atoms with Crippen molar-refractivity contribution in [2.45, 2.75) is 6.92 Å². The third kappa shape index (κ3) is 9.12. The fourth-order valence-electron chi connectivity index (χ4n) is 1.07. The van der Waals surface area contributed by atoms with Gasteiger partial charge in [-0.05, 0) is 18.1 Å². The monoisotopic (exact) mass is 260 g/mol. The number of carboxylic acid groups (broad SMARTS) is 2. The summed E-state index contributed by atoms with van der Waals surface area (Å²) in [6, 6.07) is 7.92. The van der Waals surface area contributed by atoms with E-state index in [0.717, 1.165) is 17.7 Å². The van der Waals surface area contributed by atoms with E-state index in [-0.39, 0.29) is 0 Å². The lowest BCUT2D eigenvalue weighted by molar-refractivity contribution is -0.132. The Morgan fingerprint density at radius 3 is 2.16 bits per heavy atom. The Morgan fingerprint density at radius 2 is 1.68 bits per heavy atom. The van der Waals surface area contributed by atoms with Crippen molar-refractivity contribution in [3.8, 4) is 0 Å². The summed E-state index contributed by atoms with van der Waals surface area (Å²) in [5.41, 5.74) is 2.27. The van der Waals surface area contributed by atoms with Gasteiger partial charge in [0.25, 0.3) is 0 Å². The van der Waals surface area contributed by atoms with Crippen LogP contribution in [0, 0.1) is 6.92 Å². The van der Waals surface area contributed by atoms with Gasteiger partial charge < -0.3 is 10.2 Å². The lowest BCUT2D eigenvalue weighted by Gasteiger charge is -1.96. The summed E-state index contributed by atoms with van der Waals surface area (Å²) in [6.45, 7) is 4.98. The zero-order valence-electron chi connectivity index (χ0n) is 10.6. The number of carbonyl (C=O) groups is 2. The van der Waals surface area contributed by atoms with Crippen LogP contribution in [-0.4, -0.2) is 22.2 Å². The van der Waals surface area contributed by atoms with E-state index in [9.17, 15) is 9.59 Å². The number of aliphatic carboxylic acids is 2. The molecule has 0 spiro atoms. The molecule has 0 fully saturated rings. The second-order valence-corrected chi connectivity index (χ2v) is 3.46. The first kappa shape index (κ1) is 16.4. The highest BCUT2D eigenvalue weighted by Gasteiger charge is 1.89. The first-order valence-corrected chi connectivity index (χ1v) is 5.46. The highest BCUT2D eigenvalue weighted by Crippen LogP contribution is 2.08. The molecule has 0 saturated heterocycles. The summed E-state index contributed by atoms with van der Waals surface area (Å²) in [6.07, 6.45) is 7.05. The van der Waals surface area contributed by atoms with Crippen LogP contribution in [0.15, 0.2) is 55.1 Å². The van der Waals surface area contributed by atoms with Gasteiger partial charge in [-0.15, -0.1) is 0 Å². The van der Waals surface area contributed by atoms with Crippen LogP contribution in [0.5, 0.6) is 0 Å². The maximum Gasteiger partial charge on any atom is 0.328 e. The van der Waals surface area contributed by atoms with E-state index >= 15 is 0 Å². The van der Waals surface area contributed by atoms with Crippen LogP contribution in [0.2, 0.25) is 0 Å². The third-order valence-corrected chi connectivity index (χ3v) is 1.99. The zero-order valence-corrected chi connectivity index (χ0v) is 10.6. The van der Waals surface area contributed by atoms with Crippen molar-refractivity contribution in [2.24, 2.45) is 0 Å². The van der Waals surface area contributed by atoms with Gasteiger partial charge in [-0.25, -0.2) is 9.59 Å². The molecule has 0 radical (unpaired) electrons. The number of rotatable bonds is 4. The van der Waals surface area contributed by atoms with Crippen LogP contribution in [0.1, 0.15) is 11.1 Å². The van der Waals surface area contributed by atoms with Crippen LogP contribution in [0.25, 0.3) is 6.08 Å². The average molecular weight is 260 g/mol. The molecule has 1 aromatic rings. The summed E-state index contributed by atoms with van der Waals surface area (Å²) >= 11 is 0. The Kier molecular flexibility index (Phi) is 8.12. The second-order valence-electron chi connectivity index (χ2n) is 3.46. The van der Waals surface area contributed by atoms with Crippen LogP contribution >= 0.6 is 0 Å². The van der Waals surface area contributed by atoms with E-state index in [4.69, 9.17) is 10.2 Å². The highest BCUT2D eigenvalue weighted by molar-refractivity contribution is 5.80. The number of hydrogen-bond acceptors (Lipinski definition) is 2. The smallest absolute Gasteiger partial charge is 0.328 e. The predicted octanol–water partition coefficient (Wildman–Crippen LogP) is 2.91. The largest absolute Gasteiger partial charge is 0.478 e. The molecule has 0 amide bonds. The maximum absolute atomic E-state index is 10.2. The van der Waals surface area contributed by atoms with Crippen LogP contribution in [-0.2, 0) is 9.59 Å². The van der Waals surface area contributed by atoms with Crippen LogP contribution in [0.3, 0.4) is 0 Å². The van der Waals surface area contributed by atoms with Gasteiger partial charge in [0.05, 0.1) is 0 Å². The Morgan fingerprint density at radius 1 is 1.11 bits per heavy atom. The maximum atomic E-state index is 10.2. The number of carboxylic acids is 2. The molecule has 0 aliphatic carbocycles. The van der Waals surface area contributed by atoms with Crippen molar-refractivity contribution in [3.05, 3.63) is 66.3 Å². The molecule has 0 aromatic heterocycles. The standard InChI is InChI=1S/C12H12O2.C3H4O2/c1-10-6-2-3-7-11(10)8-4-5-9-12(13)14;1-2-3(4)5/h2-9H,1H3,(H,13,14);2H,1H2,(H,4,5). The third-order valence-electron chi connectivity index (χ3n) is 1.99. The molecule has 100 valence electrons. The molecular formula is C15H16O4. The molecule has 0 atom stereocenters. The van der Waals surface area contributed by atoms with Gasteiger partial charge >= 0.3 is 11.9 Å². The molecule has 0 saturated carbocycles. The summed E-state index contributed by atoms with van der Waals surface area (Å²) < 4.78 is 0. The van der Waals surface area contributed by atoms with Gasteiger partial charge in [0.2, 0.25) is 0 Å². The fraction of sp³-hybridized carbons (Fsp3) is 0.0667. The molecule has 1 rings (SSSR count). The summed E-state index contributed by atoms with van der Waals surface area (Å²) in [5.74, 6) is -1.91. The van der Waals surface area contributed by atoms with Gasteiger partial charge in [0.15, 0.2) is 0 Å². The molecule has 2 N–H and O–H groups in total. The Hall–Kier alpha value is -2.62. The molecule has 1 aromatic carbocycles. The topological polar surface area (TPSA) is 74.6 Å². The molecule has 0 aliphatic rings. The normalized spacial score (nSPS) is 9.95. The van der Waals surface area contributed by atoms with E-state index in [1.54, 1.807) is 6.08 Å². The minimum Gasteiger partial charge on any atom is -0.478 e. The summed E-state index contributed by atoms with van der Waals surface area (Å²) in [5, 5.41) is 15.9. The summed E-state index contributed by atoms with van der Waals surface area (Å²) in [7, 11) is 0. The van der Waals surface area contributed by atoms with E-state index in [0.29, 0.717) is 0 Å². The minimum absolute atomic E-state index is 0.833. The van der Waals surface area contributed by atoms with Crippen LogP contribution in [0.4, 0.5) is 0 Å². The Balaban J connectivity index is 0.000000555. The van der Waals surface area contributed by atoms with Gasteiger partial charge in [0, 0.05) is 12.2 Å². The van der Waals surface area contributed by atoms with Crippen molar-refractivity contribution >= 4 is 18.0 Å². The Bertz CT molecular complexity index is 499. The first-order valence-electron chi connectivity index (χ1n) is 5.46. The SMILES string of the molecule is C=CC(=O)O.Cc1ccccc1C=CC=CC(=O)O. The Labute approximate surface area is 112 Å². The molecule has 0 bridgehead atoms. The summed E-state index contributed by atoms with van der Waals surface area (Å²) in [4.78, 5) is 19.4. The van der Waals surface area contributed by atoms with Gasteiger partial charge in [-0.1, -0.05) is 49.1 Å². The number of hydrogen-bond donors (Lipinski definition) is 2. The second kappa shape index (κ2) is 9.41. The quantitative estimate of drug-likeness (QED) is 0.644. The van der Waals surface area contributed by atoms with Gasteiger partial charge in [-0.3, -0.25) is 0 Å². The van der Waals surface area contributed by atoms with E-state index in [1.165, 1.54) is 11.6 Å². The lowest BCUT2D eigenvalue weighted by Crippen LogP contribution is -1.84. The van der Waals surface area contributed by atoms with Crippen molar-refractivity contribution in [1.82, 2.24) is 0 Å². The molecule has 4 nitrogen and oxygen atoms in total. The molecule has 4 heteroatoms. The predicted molar refractivity (Wildman–Crippen MR) is 74.8 cm³/mol. The number of allylic oxidation sites excluding steroid dienone is 2. The highest BCUT2D eigenvalue weighted by atomic mass is 16.4. The number of aryl methyl sites for hydroxylation is 1. The van der Waals surface area contributed by atoms with Crippen molar-refractivity contribution in [1.29, 1.82) is 0 Å². The molecule has 0 aliphatic heterocycles. The van der Waals surface area contributed by atoms with E-state index in [1.807, 2.05) is 37.3 Å². The lowest BCUT2D eigenvalue weighted by atomic mass is 10.1. The van der Waals surface area contributed by atoms with E-state index < -0.39 is 11.9 Å². The van der Waals surface area contributed by atoms with E-state index in [2.05, 4.69) is 6.58 Å². The fourth-order valence-corrected chi connectivity index (χ4v) is 1.07. The van der Waals surface area contributed by atoms with Crippen molar-refractivity contribution in [2.75, 3.05) is 0 Å². The average Bonchev–Trinajstić information content (AvgIpc) is 2.37. The minimum atomic E-state index is -0.981. The zero-order chi connectivity index (χ0) is 14.7. The number of benzene rings is 1.